The molecule has 0 saturated carbocycles. The fourth-order valence-electron chi connectivity index (χ4n) is 0.642. The van der Waals surface area contributed by atoms with Crippen molar-refractivity contribution in [1.82, 2.24) is 0 Å². The topological polar surface area (TPSA) is 0 Å². The molecule has 87 valence electrons. The Balaban J connectivity index is -0.000000138. The van der Waals surface area contributed by atoms with Gasteiger partial charge in [0.2, 0.25) is 0 Å². The van der Waals surface area contributed by atoms with Gasteiger partial charge in [-0.25, -0.2) is 24.3 Å². The summed E-state index contributed by atoms with van der Waals surface area (Å²) in [6.07, 6.45) is 9.00. The summed E-state index contributed by atoms with van der Waals surface area (Å²) >= 11 is 1.61. The molecule has 0 saturated heterocycles. The van der Waals surface area contributed by atoms with E-state index in [-0.39, 0.29) is 17.1 Å². The quantitative estimate of drug-likeness (QED) is 0.332. The van der Waals surface area contributed by atoms with E-state index in [2.05, 4.69) is 15.8 Å². The Hall–Kier alpha value is -0.242. The molecule has 15 heavy (non-hydrogen) atoms. The molecule has 0 heterocycles. The molecular weight excluding hydrogens is 431 g/mol. The molecule has 0 atom stereocenters. The second-order valence-corrected chi connectivity index (χ2v) is 1.92. The molecule has 0 nitrogen and oxygen atoms in total. The Morgan fingerprint density at radius 2 is 1.00 bits per heavy atom. The van der Waals surface area contributed by atoms with Crippen LogP contribution in [0.15, 0.2) is 60.7 Å². The zero-order chi connectivity index (χ0) is 11.1. The first-order valence-electron chi connectivity index (χ1n) is 3.74. The molecule has 0 amide bonds. The second-order valence-electron chi connectivity index (χ2n) is 1.92. The average molecular weight is 442 g/mol. The van der Waals surface area contributed by atoms with E-state index in [1.807, 2.05) is 60.7 Å². The van der Waals surface area contributed by atoms with Gasteiger partial charge in [-0.1, -0.05) is 0 Å². The van der Waals surface area contributed by atoms with Crippen LogP contribution < -0.4 is 0 Å². The van der Waals surface area contributed by atoms with Gasteiger partial charge in [-0.05, 0) is 0 Å². The molecule has 0 aliphatic carbocycles. The molecule has 0 N–H and O–H groups in total. The van der Waals surface area contributed by atoms with E-state index in [1.165, 1.54) is 0 Å². The number of hydrogen-bond acceptors (Lipinski definition) is 0. The Morgan fingerprint density at radius 1 is 0.800 bits per heavy atom. The Morgan fingerprint density at radius 3 is 1.07 bits per heavy atom. The molecule has 0 spiro atoms. The third kappa shape index (κ3) is 20.0. The number of terminal acetylenes is 1. The third-order valence-corrected chi connectivity index (χ3v) is 1.11. The molecule has 2 rings (SSSR count). The molecular formula is C12H11ClFePt-3. The summed E-state index contributed by atoms with van der Waals surface area (Å²) in [6.45, 7) is 0. The molecule has 0 radical (unpaired) electrons. The van der Waals surface area contributed by atoms with E-state index in [4.69, 9.17) is 6.42 Å². The van der Waals surface area contributed by atoms with E-state index >= 15 is 0 Å². The third-order valence-electron chi connectivity index (χ3n) is 1.11. The van der Waals surface area contributed by atoms with Gasteiger partial charge in [0.25, 0.3) is 0 Å². The van der Waals surface area contributed by atoms with Crippen molar-refractivity contribution >= 4 is 9.42 Å². The van der Waals surface area contributed by atoms with E-state index < -0.39 is 0 Å². The van der Waals surface area contributed by atoms with Gasteiger partial charge in [-0.3, -0.25) is 0 Å². The smallest absolute Gasteiger partial charge is 0 e. The minimum atomic E-state index is 0. The summed E-state index contributed by atoms with van der Waals surface area (Å²) in [5, 5.41) is 0. The Kier molecular flexibility index (Phi) is 31.7. The Bertz CT molecular complexity index is 188. The molecule has 0 fully saturated rings. The van der Waals surface area contributed by atoms with Crippen molar-refractivity contribution in [3.05, 3.63) is 67.1 Å². The van der Waals surface area contributed by atoms with Crippen LogP contribution in [0, 0.1) is 12.8 Å². The van der Waals surface area contributed by atoms with Crippen LogP contribution in [0.2, 0.25) is 0 Å². The standard InChI is InChI=1S/2C5H5.C2H.ClH.Fe.Pt/c2*1-2-4-5-3-1;1-2;;;/h2*1-5H;1H;1H;;/q3*-1;;;+1/p-1. The van der Waals surface area contributed by atoms with E-state index in [1.54, 1.807) is 18.8 Å². The van der Waals surface area contributed by atoms with Crippen molar-refractivity contribution in [3.63, 3.8) is 0 Å². The average Bonchev–Trinajstić information content (AvgIpc) is 3.01. The first-order valence-corrected chi connectivity index (χ1v) is 6.56. The van der Waals surface area contributed by atoms with Gasteiger partial charge < -0.3 is 12.8 Å². The summed E-state index contributed by atoms with van der Waals surface area (Å²) < 4.78 is 0. The fourth-order valence-corrected chi connectivity index (χ4v) is 0.642. The van der Waals surface area contributed by atoms with Crippen LogP contribution in [-0.4, -0.2) is 0 Å². The van der Waals surface area contributed by atoms with Gasteiger partial charge in [0, 0.05) is 17.1 Å². The minimum Gasteiger partial charge on any atom is -0.214 e. The molecule has 0 aliphatic rings. The molecule has 2 aromatic rings. The first kappa shape index (κ1) is 20.2. The zero-order valence-electron chi connectivity index (χ0n) is 7.90. The van der Waals surface area contributed by atoms with Crippen LogP contribution in [-0.2, 0) is 35.8 Å². The molecule has 2 aromatic carbocycles. The number of rotatable bonds is 0. The fraction of sp³-hybridized carbons (Fsp3) is 0. The van der Waals surface area contributed by atoms with Gasteiger partial charge >= 0.3 is 28.2 Å². The normalized spacial score (nSPS) is 5.93. The van der Waals surface area contributed by atoms with E-state index in [9.17, 15) is 0 Å². The van der Waals surface area contributed by atoms with Crippen LogP contribution in [0.5, 0.6) is 0 Å². The van der Waals surface area contributed by atoms with Crippen molar-refractivity contribution in [3.8, 4) is 6.42 Å². The van der Waals surface area contributed by atoms with Crippen molar-refractivity contribution in [2.45, 2.75) is 0 Å². The minimum absolute atomic E-state index is 0. The van der Waals surface area contributed by atoms with Gasteiger partial charge in [-0.2, -0.15) is 36.4 Å². The second kappa shape index (κ2) is 23.5. The summed E-state index contributed by atoms with van der Waals surface area (Å²) in [7, 11) is 4.61. The van der Waals surface area contributed by atoms with Crippen molar-refractivity contribution in [2.75, 3.05) is 0 Å². The van der Waals surface area contributed by atoms with Gasteiger partial charge in [-0.15, -0.1) is 0 Å². The van der Waals surface area contributed by atoms with E-state index in [0.717, 1.165) is 0 Å². The molecule has 0 unspecified atom stereocenters. The first-order chi connectivity index (χ1) is 7.00. The summed E-state index contributed by atoms with van der Waals surface area (Å²) in [5.41, 5.74) is 0. The largest absolute Gasteiger partial charge is 0.214 e. The monoisotopic (exact) mass is 441 g/mol. The molecule has 3 heteroatoms. The summed E-state index contributed by atoms with van der Waals surface area (Å²) in [5.74, 6) is 0. The van der Waals surface area contributed by atoms with Crippen LogP contribution >= 0.6 is 9.42 Å². The zero-order valence-corrected chi connectivity index (χ0v) is 12.0. The van der Waals surface area contributed by atoms with Crippen molar-refractivity contribution < 1.29 is 35.8 Å². The maximum atomic E-state index is 5.25. The summed E-state index contributed by atoms with van der Waals surface area (Å²) in [4.78, 5) is 0. The van der Waals surface area contributed by atoms with Crippen LogP contribution in [0.4, 0.5) is 0 Å². The Labute approximate surface area is 118 Å². The molecule has 0 bridgehead atoms. The predicted octanol–water partition coefficient (Wildman–Crippen LogP) is 3.70. The predicted molar refractivity (Wildman–Crippen MR) is 58.1 cm³/mol. The van der Waals surface area contributed by atoms with Crippen molar-refractivity contribution in [1.29, 1.82) is 0 Å². The molecule has 0 aromatic heterocycles. The van der Waals surface area contributed by atoms with Gasteiger partial charge in [0.15, 0.2) is 0 Å². The van der Waals surface area contributed by atoms with Gasteiger partial charge in [0.05, 0.1) is 0 Å². The number of halogens is 1. The van der Waals surface area contributed by atoms with E-state index in [0.29, 0.717) is 0 Å². The van der Waals surface area contributed by atoms with Crippen LogP contribution in [0.3, 0.4) is 0 Å². The number of hydrogen-bond donors (Lipinski definition) is 0. The van der Waals surface area contributed by atoms with Gasteiger partial charge in [0.1, 0.15) is 0 Å². The maximum absolute atomic E-state index is 5.25. The SMILES string of the molecule is [C-]#C.[Cl][Pt].[Fe].c1cc[cH-]c1.c1cc[cH-]c1. The summed E-state index contributed by atoms with van der Waals surface area (Å²) in [6, 6.07) is 20.0. The van der Waals surface area contributed by atoms with Crippen molar-refractivity contribution in [2.24, 2.45) is 0 Å². The molecule has 0 aliphatic heterocycles. The van der Waals surface area contributed by atoms with Crippen LogP contribution in [0.1, 0.15) is 0 Å². The van der Waals surface area contributed by atoms with Crippen LogP contribution in [0.25, 0.3) is 0 Å². The maximum Gasteiger partial charge on any atom is 0 e.